The molecule has 0 atom stereocenters. The normalized spacial score (nSPS) is 11.5. The summed E-state index contributed by atoms with van der Waals surface area (Å²) in [5, 5.41) is 3.42. The average Bonchev–Trinajstić information content (AvgIpc) is 2.47. The Kier molecular flexibility index (Phi) is 3.01. The van der Waals surface area contributed by atoms with Crippen molar-refractivity contribution in [1.29, 1.82) is 0 Å². The van der Waals surface area contributed by atoms with E-state index >= 15 is 0 Å². The molecular weight excluding hydrogens is 213 g/mol. The van der Waals surface area contributed by atoms with Gasteiger partial charge in [-0.25, -0.2) is 4.79 Å². The number of hydrogen-bond acceptors (Lipinski definition) is 3. The minimum absolute atomic E-state index is 0.0940. The molecule has 0 aromatic carbocycles. The van der Waals surface area contributed by atoms with Crippen LogP contribution >= 0.6 is 0 Å². The molecule has 4 nitrogen and oxygen atoms in total. The number of nitrogens with zero attached hydrogens (tertiary/aromatic N) is 2. The van der Waals surface area contributed by atoms with E-state index in [4.69, 9.17) is 0 Å². The summed E-state index contributed by atoms with van der Waals surface area (Å²) in [6.45, 7) is 1.66. The number of carbonyl (C=O) groups excluding carboxylic acids is 1. The Hall–Kier alpha value is -1.53. The van der Waals surface area contributed by atoms with E-state index < -0.39 is 17.8 Å². The molecule has 0 radical (unpaired) electrons. The third-order valence-electron chi connectivity index (χ3n) is 1.65. The van der Waals surface area contributed by atoms with Crippen molar-refractivity contribution in [2.75, 3.05) is 6.61 Å². The highest BCUT2D eigenvalue weighted by molar-refractivity contribution is 5.87. The first kappa shape index (κ1) is 11.5. The van der Waals surface area contributed by atoms with Crippen LogP contribution in [0.1, 0.15) is 23.1 Å². The third kappa shape index (κ3) is 2.48. The van der Waals surface area contributed by atoms with Crippen LogP contribution in [0.25, 0.3) is 0 Å². The first-order chi connectivity index (χ1) is 6.86. The number of esters is 1. The molecule has 1 rings (SSSR count). The van der Waals surface area contributed by atoms with Crippen molar-refractivity contribution < 1.29 is 22.7 Å². The summed E-state index contributed by atoms with van der Waals surface area (Å²) in [5.41, 5.74) is -1.32. The summed E-state index contributed by atoms with van der Waals surface area (Å²) in [7, 11) is 1.12. The molecule has 0 aliphatic rings. The van der Waals surface area contributed by atoms with Gasteiger partial charge in [-0.1, -0.05) is 0 Å². The van der Waals surface area contributed by atoms with Gasteiger partial charge >= 0.3 is 12.1 Å². The van der Waals surface area contributed by atoms with Crippen molar-refractivity contribution in [2.45, 2.75) is 13.1 Å². The number of aryl methyl sites for hydroxylation is 1. The van der Waals surface area contributed by atoms with Crippen LogP contribution in [-0.2, 0) is 18.0 Å². The third-order valence-corrected chi connectivity index (χ3v) is 1.65. The Morgan fingerprint density at radius 3 is 2.60 bits per heavy atom. The molecule has 0 fully saturated rings. The first-order valence-electron chi connectivity index (χ1n) is 4.14. The number of hydrogen-bond donors (Lipinski definition) is 0. The van der Waals surface area contributed by atoms with E-state index in [2.05, 4.69) is 9.84 Å². The Morgan fingerprint density at radius 1 is 1.60 bits per heavy atom. The summed E-state index contributed by atoms with van der Waals surface area (Å²) < 4.78 is 42.0. The van der Waals surface area contributed by atoms with Crippen LogP contribution in [0, 0.1) is 0 Å². The highest BCUT2D eigenvalue weighted by atomic mass is 19.4. The minimum atomic E-state index is -4.52. The zero-order chi connectivity index (χ0) is 11.6. The summed E-state index contributed by atoms with van der Waals surface area (Å²) >= 11 is 0. The lowest BCUT2D eigenvalue weighted by Gasteiger charge is -2.04. The van der Waals surface area contributed by atoms with E-state index in [1.54, 1.807) is 6.92 Å². The summed E-state index contributed by atoms with van der Waals surface area (Å²) in [5.74, 6) is -0.858. The van der Waals surface area contributed by atoms with Gasteiger partial charge in [-0.3, -0.25) is 4.68 Å². The number of rotatable bonds is 2. The van der Waals surface area contributed by atoms with E-state index in [-0.39, 0.29) is 12.3 Å². The molecule has 84 valence electrons. The van der Waals surface area contributed by atoms with Crippen LogP contribution in [0.5, 0.6) is 0 Å². The molecule has 0 bridgehead atoms. The van der Waals surface area contributed by atoms with Gasteiger partial charge in [-0.15, -0.1) is 0 Å². The van der Waals surface area contributed by atoms with Crippen molar-refractivity contribution in [3.63, 3.8) is 0 Å². The lowest BCUT2D eigenvalue weighted by Crippen LogP contribution is -2.11. The zero-order valence-electron chi connectivity index (χ0n) is 8.13. The zero-order valence-corrected chi connectivity index (χ0v) is 8.13. The fourth-order valence-electron chi connectivity index (χ4n) is 1.04. The topological polar surface area (TPSA) is 44.1 Å². The maximum absolute atomic E-state index is 12.3. The largest absolute Gasteiger partial charge is 0.461 e. The smallest absolute Gasteiger partial charge is 0.433 e. The van der Waals surface area contributed by atoms with Gasteiger partial charge in [0.25, 0.3) is 0 Å². The standard InChI is InChI=1S/C8H9F3N2O2/c1-3-15-7(14)5-4-6(8(9,10)11)13(2)12-5/h4H,3H2,1-2H3. The first-order valence-corrected chi connectivity index (χ1v) is 4.14. The minimum Gasteiger partial charge on any atom is -0.461 e. The van der Waals surface area contributed by atoms with Crippen LogP contribution in [0.15, 0.2) is 6.07 Å². The summed E-state index contributed by atoms with van der Waals surface area (Å²) in [6, 6.07) is 0.665. The monoisotopic (exact) mass is 222 g/mol. The van der Waals surface area contributed by atoms with E-state index in [0.717, 1.165) is 7.05 Å². The van der Waals surface area contributed by atoms with Crippen molar-refractivity contribution in [3.05, 3.63) is 17.5 Å². The van der Waals surface area contributed by atoms with E-state index in [1.807, 2.05) is 0 Å². The van der Waals surface area contributed by atoms with Crippen LogP contribution in [0.4, 0.5) is 13.2 Å². The second kappa shape index (κ2) is 3.92. The van der Waals surface area contributed by atoms with E-state index in [1.165, 1.54) is 0 Å². The van der Waals surface area contributed by atoms with Crippen molar-refractivity contribution in [3.8, 4) is 0 Å². The maximum Gasteiger partial charge on any atom is 0.433 e. The molecule has 1 aromatic heterocycles. The molecule has 0 saturated heterocycles. The molecule has 0 aliphatic carbocycles. The lowest BCUT2D eigenvalue weighted by atomic mass is 10.3. The number of aromatic nitrogens is 2. The molecular formula is C8H9F3N2O2. The second-order valence-electron chi connectivity index (χ2n) is 2.76. The van der Waals surface area contributed by atoms with Gasteiger partial charge in [-0.05, 0) is 6.92 Å². The van der Waals surface area contributed by atoms with Crippen molar-refractivity contribution >= 4 is 5.97 Å². The van der Waals surface area contributed by atoms with Crippen LogP contribution in [0.2, 0.25) is 0 Å². The Balaban J connectivity index is 3.01. The number of carbonyl (C=O) groups is 1. The van der Waals surface area contributed by atoms with Gasteiger partial charge < -0.3 is 4.74 Å². The Morgan fingerprint density at radius 2 is 2.20 bits per heavy atom. The highest BCUT2D eigenvalue weighted by Gasteiger charge is 2.35. The summed E-state index contributed by atoms with van der Waals surface area (Å²) in [4.78, 5) is 11.1. The van der Waals surface area contributed by atoms with Gasteiger partial charge in [0.2, 0.25) is 0 Å². The SMILES string of the molecule is CCOC(=O)c1cc(C(F)(F)F)n(C)n1. The van der Waals surface area contributed by atoms with Crippen LogP contribution < -0.4 is 0 Å². The van der Waals surface area contributed by atoms with Crippen LogP contribution in [-0.4, -0.2) is 22.4 Å². The van der Waals surface area contributed by atoms with Gasteiger partial charge in [0.05, 0.1) is 6.61 Å². The predicted molar refractivity (Wildman–Crippen MR) is 44.2 cm³/mol. The average molecular weight is 222 g/mol. The molecule has 0 amide bonds. The van der Waals surface area contributed by atoms with Crippen molar-refractivity contribution in [1.82, 2.24) is 9.78 Å². The van der Waals surface area contributed by atoms with E-state index in [9.17, 15) is 18.0 Å². The number of halogens is 3. The van der Waals surface area contributed by atoms with Crippen molar-refractivity contribution in [2.24, 2.45) is 7.05 Å². The fourth-order valence-corrected chi connectivity index (χ4v) is 1.04. The van der Waals surface area contributed by atoms with Gasteiger partial charge in [0.15, 0.2) is 5.69 Å². The molecule has 0 spiro atoms. The van der Waals surface area contributed by atoms with Gasteiger partial charge in [0, 0.05) is 13.1 Å². The lowest BCUT2D eigenvalue weighted by molar-refractivity contribution is -0.143. The second-order valence-corrected chi connectivity index (χ2v) is 2.76. The molecule has 0 N–H and O–H groups in total. The molecule has 0 saturated carbocycles. The molecule has 0 unspecified atom stereocenters. The number of alkyl halides is 3. The van der Waals surface area contributed by atoms with Gasteiger partial charge in [-0.2, -0.15) is 18.3 Å². The van der Waals surface area contributed by atoms with Gasteiger partial charge in [0.1, 0.15) is 5.69 Å². The highest BCUT2D eigenvalue weighted by Crippen LogP contribution is 2.29. The maximum atomic E-state index is 12.3. The Labute approximate surface area is 83.6 Å². The molecule has 7 heteroatoms. The predicted octanol–water partition coefficient (Wildman–Crippen LogP) is 1.62. The molecule has 1 heterocycles. The molecule has 1 aromatic rings. The Bertz CT molecular complexity index is 370. The van der Waals surface area contributed by atoms with Crippen LogP contribution in [0.3, 0.4) is 0 Å². The van der Waals surface area contributed by atoms with E-state index in [0.29, 0.717) is 10.7 Å². The molecule has 15 heavy (non-hydrogen) atoms. The molecule has 0 aliphatic heterocycles. The quantitative estimate of drug-likeness (QED) is 0.714. The summed E-state index contributed by atoms with van der Waals surface area (Å²) in [6.07, 6.45) is -4.52. The number of ether oxygens (including phenoxy) is 1. The fraction of sp³-hybridized carbons (Fsp3) is 0.500.